The van der Waals surface area contributed by atoms with E-state index in [9.17, 15) is 10.1 Å². The molecule has 0 radical (unpaired) electrons. The van der Waals surface area contributed by atoms with Gasteiger partial charge in [0.1, 0.15) is 9.66 Å². The minimum absolute atomic E-state index is 0.0589. The first-order valence-electron chi connectivity index (χ1n) is 2.64. The molecule has 0 unspecified atom stereocenters. The van der Waals surface area contributed by atoms with Crippen molar-refractivity contribution in [2.75, 3.05) is 0 Å². The summed E-state index contributed by atoms with van der Waals surface area (Å²) >= 11 is 10.1. The third kappa shape index (κ3) is 1.75. The smallest absolute Gasteiger partial charge is 0.292 e. The van der Waals surface area contributed by atoms with Crippen molar-refractivity contribution < 1.29 is 4.92 Å². The Bertz CT molecular complexity index is 349. The average Bonchev–Trinajstić information content (AvgIpc) is 1.94. The standard InChI is InChI=1S/C5H3ClN2O2S/c6-3-2-7-5(11)1-4(3)8(9)10/h1-2H,(H,7,11). The molecule has 0 atom stereocenters. The number of nitro groups is 1. The summed E-state index contributed by atoms with van der Waals surface area (Å²) in [7, 11) is 0. The number of nitrogens with zero attached hydrogens (tertiary/aromatic N) is 1. The summed E-state index contributed by atoms with van der Waals surface area (Å²) in [5.41, 5.74) is -0.171. The van der Waals surface area contributed by atoms with Gasteiger partial charge in [0.15, 0.2) is 0 Å². The van der Waals surface area contributed by atoms with Crippen LogP contribution in [0.1, 0.15) is 0 Å². The fourth-order valence-corrected chi connectivity index (χ4v) is 0.932. The predicted molar refractivity (Wildman–Crippen MR) is 43.3 cm³/mol. The van der Waals surface area contributed by atoms with Crippen LogP contribution in [0.4, 0.5) is 5.69 Å². The lowest BCUT2D eigenvalue weighted by Crippen LogP contribution is -1.89. The Balaban J connectivity index is 3.35. The highest BCUT2D eigenvalue weighted by molar-refractivity contribution is 7.71. The molecule has 1 rings (SSSR count). The monoisotopic (exact) mass is 190 g/mol. The van der Waals surface area contributed by atoms with Gasteiger partial charge in [-0.05, 0) is 0 Å². The van der Waals surface area contributed by atoms with Gasteiger partial charge in [0.2, 0.25) is 0 Å². The zero-order valence-electron chi connectivity index (χ0n) is 5.20. The van der Waals surface area contributed by atoms with Gasteiger partial charge in [-0.3, -0.25) is 10.1 Å². The van der Waals surface area contributed by atoms with Crippen molar-refractivity contribution in [3.8, 4) is 0 Å². The number of hydrogen-bond acceptors (Lipinski definition) is 3. The first-order valence-corrected chi connectivity index (χ1v) is 3.42. The molecule has 1 aromatic heterocycles. The van der Waals surface area contributed by atoms with E-state index < -0.39 is 4.92 Å². The number of aromatic nitrogens is 1. The highest BCUT2D eigenvalue weighted by Gasteiger charge is 2.10. The summed E-state index contributed by atoms with van der Waals surface area (Å²) < 4.78 is 0.293. The number of pyridine rings is 1. The van der Waals surface area contributed by atoms with Crippen LogP contribution < -0.4 is 0 Å². The maximum Gasteiger partial charge on any atom is 0.292 e. The summed E-state index contributed by atoms with van der Waals surface area (Å²) in [5.74, 6) is 0. The molecular formula is C5H3ClN2O2S. The van der Waals surface area contributed by atoms with E-state index in [0.717, 1.165) is 0 Å². The van der Waals surface area contributed by atoms with Crippen LogP contribution in [0.25, 0.3) is 0 Å². The van der Waals surface area contributed by atoms with Crippen molar-refractivity contribution >= 4 is 29.5 Å². The van der Waals surface area contributed by atoms with E-state index in [1.807, 2.05) is 0 Å². The number of halogens is 1. The second-order valence-corrected chi connectivity index (χ2v) is 2.63. The van der Waals surface area contributed by atoms with E-state index in [1.165, 1.54) is 12.3 Å². The quantitative estimate of drug-likeness (QED) is 0.420. The van der Waals surface area contributed by atoms with Crippen molar-refractivity contribution in [1.29, 1.82) is 0 Å². The van der Waals surface area contributed by atoms with E-state index in [-0.39, 0.29) is 10.7 Å². The number of hydrogen-bond donors (Lipinski definition) is 1. The second kappa shape index (κ2) is 2.98. The fraction of sp³-hybridized carbons (Fsp3) is 0. The van der Waals surface area contributed by atoms with Crippen molar-refractivity contribution in [2.45, 2.75) is 0 Å². The van der Waals surface area contributed by atoms with E-state index in [0.29, 0.717) is 4.64 Å². The lowest BCUT2D eigenvalue weighted by molar-refractivity contribution is -0.384. The van der Waals surface area contributed by atoms with Crippen LogP contribution >= 0.6 is 23.8 Å². The Hall–Kier alpha value is -0.940. The molecule has 0 saturated carbocycles. The lowest BCUT2D eigenvalue weighted by atomic mass is 10.4. The molecule has 1 N–H and O–H groups in total. The predicted octanol–water partition coefficient (Wildman–Crippen LogP) is 2.31. The molecule has 11 heavy (non-hydrogen) atoms. The van der Waals surface area contributed by atoms with Crippen LogP contribution in [0, 0.1) is 14.8 Å². The average molecular weight is 191 g/mol. The molecular weight excluding hydrogens is 188 g/mol. The van der Waals surface area contributed by atoms with Gasteiger partial charge >= 0.3 is 0 Å². The van der Waals surface area contributed by atoms with E-state index in [1.54, 1.807) is 0 Å². The first-order chi connectivity index (χ1) is 5.11. The number of rotatable bonds is 1. The Kier molecular flexibility index (Phi) is 2.21. The largest absolute Gasteiger partial charge is 0.351 e. The highest BCUT2D eigenvalue weighted by atomic mass is 35.5. The number of aromatic amines is 1. The highest BCUT2D eigenvalue weighted by Crippen LogP contribution is 2.21. The second-order valence-electron chi connectivity index (χ2n) is 1.79. The zero-order chi connectivity index (χ0) is 8.43. The molecule has 4 nitrogen and oxygen atoms in total. The van der Waals surface area contributed by atoms with Gasteiger partial charge in [-0.1, -0.05) is 23.8 Å². The molecule has 0 spiro atoms. The normalized spacial score (nSPS) is 9.55. The van der Waals surface area contributed by atoms with E-state index >= 15 is 0 Å². The van der Waals surface area contributed by atoms with E-state index in [2.05, 4.69) is 17.2 Å². The Labute approximate surface area is 72.0 Å². The molecule has 0 aliphatic rings. The molecule has 0 saturated heterocycles. The van der Waals surface area contributed by atoms with Gasteiger partial charge in [0.05, 0.1) is 11.0 Å². The molecule has 0 bridgehead atoms. The maximum absolute atomic E-state index is 10.2. The summed E-state index contributed by atoms with van der Waals surface area (Å²) in [6, 6.07) is 1.21. The Morgan fingerprint density at radius 1 is 1.73 bits per heavy atom. The third-order valence-electron chi connectivity index (χ3n) is 1.05. The molecule has 0 aliphatic carbocycles. The minimum Gasteiger partial charge on any atom is -0.351 e. The van der Waals surface area contributed by atoms with Crippen LogP contribution in [0.5, 0.6) is 0 Å². The van der Waals surface area contributed by atoms with Crippen molar-refractivity contribution in [1.82, 2.24) is 4.98 Å². The number of nitrogens with one attached hydrogen (secondary N) is 1. The first kappa shape index (κ1) is 8.16. The molecule has 0 amide bonds. The van der Waals surface area contributed by atoms with Crippen LogP contribution in [0.2, 0.25) is 5.02 Å². The van der Waals surface area contributed by atoms with Crippen LogP contribution in [-0.4, -0.2) is 9.91 Å². The minimum atomic E-state index is -0.577. The maximum atomic E-state index is 10.2. The zero-order valence-corrected chi connectivity index (χ0v) is 6.78. The van der Waals surface area contributed by atoms with Gasteiger partial charge < -0.3 is 4.98 Å². The van der Waals surface area contributed by atoms with Gasteiger partial charge in [0.25, 0.3) is 5.69 Å². The number of H-pyrrole nitrogens is 1. The Morgan fingerprint density at radius 2 is 2.36 bits per heavy atom. The summed E-state index contributed by atoms with van der Waals surface area (Å²) in [5, 5.41) is 10.3. The summed E-state index contributed by atoms with van der Waals surface area (Å²) in [6.07, 6.45) is 1.29. The van der Waals surface area contributed by atoms with Crippen molar-refractivity contribution in [3.05, 3.63) is 32.0 Å². The van der Waals surface area contributed by atoms with Crippen LogP contribution in [0.3, 0.4) is 0 Å². The lowest BCUT2D eigenvalue weighted by Gasteiger charge is -1.92. The van der Waals surface area contributed by atoms with Crippen molar-refractivity contribution in [3.63, 3.8) is 0 Å². The molecule has 6 heteroatoms. The molecule has 0 aliphatic heterocycles. The summed E-state index contributed by atoms with van der Waals surface area (Å²) in [6.45, 7) is 0. The SMILES string of the molecule is O=[N+]([O-])c1cc(=S)[nH]cc1Cl. The van der Waals surface area contributed by atoms with E-state index in [4.69, 9.17) is 11.6 Å². The summed E-state index contributed by atoms with van der Waals surface area (Å²) in [4.78, 5) is 12.2. The van der Waals surface area contributed by atoms with Crippen LogP contribution in [0.15, 0.2) is 12.3 Å². The van der Waals surface area contributed by atoms with Gasteiger partial charge in [-0.15, -0.1) is 0 Å². The molecule has 1 heterocycles. The van der Waals surface area contributed by atoms with Gasteiger partial charge in [-0.2, -0.15) is 0 Å². The van der Waals surface area contributed by atoms with Gasteiger partial charge in [-0.25, -0.2) is 0 Å². The van der Waals surface area contributed by atoms with Crippen LogP contribution in [-0.2, 0) is 0 Å². The van der Waals surface area contributed by atoms with Gasteiger partial charge in [0, 0.05) is 6.20 Å². The third-order valence-corrected chi connectivity index (χ3v) is 1.59. The Morgan fingerprint density at radius 3 is 2.82 bits per heavy atom. The van der Waals surface area contributed by atoms with Crippen molar-refractivity contribution in [2.24, 2.45) is 0 Å². The molecule has 0 fully saturated rings. The fourth-order valence-electron chi connectivity index (χ4n) is 0.583. The topological polar surface area (TPSA) is 58.9 Å². The molecule has 58 valence electrons. The molecule has 0 aromatic carbocycles. The molecule has 1 aromatic rings.